The zero-order valence-corrected chi connectivity index (χ0v) is 12.2. The molecule has 5 nitrogen and oxygen atoms in total. The quantitative estimate of drug-likeness (QED) is 0.779. The van der Waals surface area contributed by atoms with E-state index in [1.807, 2.05) is 30.3 Å². The largest absolute Gasteiger partial charge is 0.467 e. The molecule has 0 saturated heterocycles. The molecular weight excluding hydrogens is 290 g/mol. The van der Waals surface area contributed by atoms with Crippen molar-refractivity contribution in [2.45, 2.75) is 6.10 Å². The predicted molar refractivity (Wildman–Crippen MR) is 81.5 cm³/mol. The van der Waals surface area contributed by atoms with Crippen LogP contribution in [-0.4, -0.2) is 23.6 Å². The van der Waals surface area contributed by atoms with E-state index in [9.17, 15) is 0 Å². The van der Waals surface area contributed by atoms with Crippen LogP contribution in [0.3, 0.4) is 0 Å². The molecule has 0 radical (unpaired) electrons. The highest BCUT2D eigenvalue weighted by atomic mass is 35.5. The van der Waals surface area contributed by atoms with Crippen LogP contribution in [0.2, 0.25) is 5.02 Å². The fourth-order valence-corrected chi connectivity index (χ4v) is 2.31. The molecule has 0 fully saturated rings. The third-order valence-electron chi connectivity index (χ3n) is 3.20. The van der Waals surface area contributed by atoms with Crippen molar-refractivity contribution in [3.05, 3.63) is 53.7 Å². The van der Waals surface area contributed by atoms with Gasteiger partial charge in [-0.2, -0.15) is 0 Å². The fraction of sp³-hybridized carbons (Fsp3) is 0.200. The third-order valence-corrected chi connectivity index (χ3v) is 3.43. The molecule has 21 heavy (non-hydrogen) atoms. The number of anilines is 1. The molecule has 1 N–H and O–H groups in total. The number of fused-ring (bicyclic) bond motifs is 1. The van der Waals surface area contributed by atoms with Crippen LogP contribution in [0, 0.1) is 0 Å². The van der Waals surface area contributed by atoms with Gasteiger partial charge in [0.2, 0.25) is 0 Å². The molecule has 1 aromatic carbocycles. The summed E-state index contributed by atoms with van der Waals surface area (Å²) >= 11 is 6.04. The summed E-state index contributed by atoms with van der Waals surface area (Å²) in [5.41, 5.74) is 0.837. The Morgan fingerprint density at radius 3 is 3.00 bits per heavy atom. The summed E-state index contributed by atoms with van der Waals surface area (Å²) in [5.74, 6) is 1.48. The summed E-state index contributed by atoms with van der Waals surface area (Å²) in [6, 6.07) is 9.23. The second kappa shape index (κ2) is 6.11. The number of benzene rings is 1. The molecule has 1 atom stereocenters. The second-order valence-electron chi connectivity index (χ2n) is 4.50. The van der Waals surface area contributed by atoms with E-state index < -0.39 is 0 Å². The highest BCUT2D eigenvalue weighted by molar-refractivity contribution is 6.31. The number of furan rings is 1. The Bertz CT molecular complexity index is 731. The lowest BCUT2D eigenvalue weighted by atomic mass is 10.2. The Kier molecular flexibility index (Phi) is 4.03. The molecule has 0 aliphatic heterocycles. The number of rotatable bonds is 5. The molecule has 0 amide bonds. The fourth-order valence-electron chi connectivity index (χ4n) is 2.13. The van der Waals surface area contributed by atoms with Crippen LogP contribution in [0.4, 0.5) is 5.82 Å². The molecule has 0 aliphatic carbocycles. The van der Waals surface area contributed by atoms with Crippen LogP contribution in [0.25, 0.3) is 10.9 Å². The maximum Gasteiger partial charge on any atom is 0.137 e. The van der Waals surface area contributed by atoms with E-state index in [1.165, 1.54) is 6.33 Å². The lowest BCUT2D eigenvalue weighted by molar-refractivity contribution is 0.0943. The minimum atomic E-state index is -0.191. The van der Waals surface area contributed by atoms with Gasteiger partial charge in [0.05, 0.1) is 11.8 Å². The van der Waals surface area contributed by atoms with Gasteiger partial charge in [0.15, 0.2) is 0 Å². The Labute approximate surface area is 126 Å². The maximum absolute atomic E-state index is 6.04. The molecule has 3 rings (SSSR count). The third kappa shape index (κ3) is 2.99. The highest BCUT2D eigenvalue weighted by Gasteiger charge is 2.14. The number of methoxy groups -OCH3 is 1. The van der Waals surface area contributed by atoms with Crippen LogP contribution in [0.15, 0.2) is 47.3 Å². The van der Waals surface area contributed by atoms with Gasteiger partial charge in [0.25, 0.3) is 0 Å². The first-order chi connectivity index (χ1) is 10.3. The van der Waals surface area contributed by atoms with Crippen molar-refractivity contribution < 1.29 is 9.15 Å². The van der Waals surface area contributed by atoms with E-state index in [1.54, 1.807) is 13.4 Å². The van der Waals surface area contributed by atoms with Gasteiger partial charge in [-0.25, -0.2) is 9.97 Å². The van der Waals surface area contributed by atoms with Crippen molar-refractivity contribution in [1.82, 2.24) is 9.97 Å². The lowest BCUT2D eigenvalue weighted by Gasteiger charge is -2.15. The van der Waals surface area contributed by atoms with Crippen LogP contribution in [0.5, 0.6) is 0 Å². The van der Waals surface area contributed by atoms with Crippen molar-refractivity contribution in [2.24, 2.45) is 0 Å². The van der Waals surface area contributed by atoms with Crippen molar-refractivity contribution in [3.63, 3.8) is 0 Å². The van der Waals surface area contributed by atoms with E-state index in [4.69, 9.17) is 20.8 Å². The smallest absolute Gasteiger partial charge is 0.137 e. The van der Waals surface area contributed by atoms with Crippen molar-refractivity contribution in [2.75, 3.05) is 19.0 Å². The van der Waals surface area contributed by atoms with Crippen LogP contribution in [0.1, 0.15) is 11.9 Å². The topological polar surface area (TPSA) is 60.2 Å². The van der Waals surface area contributed by atoms with Gasteiger partial charge in [-0.05, 0) is 30.3 Å². The summed E-state index contributed by atoms with van der Waals surface area (Å²) in [6.45, 7) is 0.530. The van der Waals surface area contributed by atoms with Crippen molar-refractivity contribution in [1.29, 1.82) is 0 Å². The van der Waals surface area contributed by atoms with Crippen molar-refractivity contribution in [3.8, 4) is 0 Å². The SMILES string of the molecule is COC(CNc1ncnc2ccc(Cl)cc12)c1ccco1. The first-order valence-electron chi connectivity index (χ1n) is 6.48. The Morgan fingerprint density at radius 1 is 1.33 bits per heavy atom. The molecule has 0 spiro atoms. The zero-order valence-electron chi connectivity index (χ0n) is 11.4. The summed E-state index contributed by atoms with van der Waals surface area (Å²) < 4.78 is 10.8. The van der Waals surface area contributed by atoms with Gasteiger partial charge in [-0.3, -0.25) is 0 Å². The molecule has 6 heteroatoms. The second-order valence-corrected chi connectivity index (χ2v) is 4.94. The van der Waals surface area contributed by atoms with E-state index in [0.29, 0.717) is 11.6 Å². The summed E-state index contributed by atoms with van der Waals surface area (Å²) in [5, 5.41) is 4.78. The van der Waals surface area contributed by atoms with E-state index in [2.05, 4.69) is 15.3 Å². The first kappa shape index (κ1) is 13.9. The van der Waals surface area contributed by atoms with Crippen LogP contribution < -0.4 is 5.32 Å². The van der Waals surface area contributed by atoms with Crippen LogP contribution >= 0.6 is 11.6 Å². The first-order valence-corrected chi connectivity index (χ1v) is 6.86. The maximum atomic E-state index is 6.04. The van der Waals surface area contributed by atoms with Crippen molar-refractivity contribution >= 4 is 28.3 Å². The van der Waals surface area contributed by atoms with Crippen LogP contribution in [-0.2, 0) is 4.74 Å². The number of hydrogen-bond donors (Lipinski definition) is 1. The molecule has 2 heterocycles. The average molecular weight is 304 g/mol. The number of ether oxygens (including phenoxy) is 1. The molecule has 108 valence electrons. The van der Waals surface area contributed by atoms with Gasteiger partial charge in [-0.1, -0.05) is 11.6 Å². The molecule has 0 aliphatic rings. The summed E-state index contributed by atoms with van der Waals surface area (Å²) in [4.78, 5) is 8.49. The Balaban J connectivity index is 1.83. The number of halogens is 1. The van der Waals surface area contributed by atoms with Gasteiger partial charge in [-0.15, -0.1) is 0 Å². The molecular formula is C15H14ClN3O2. The number of nitrogens with one attached hydrogen (secondary N) is 1. The molecule has 0 bridgehead atoms. The minimum Gasteiger partial charge on any atom is -0.467 e. The van der Waals surface area contributed by atoms with Gasteiger partial charge in [0.1, 0.15) is 24.0 Å². The van der Waals surface area contributed by atoms with E-state index >= 15 is 0 Å². The Morgan fingerprint density at radius 2 is 2.24 bits per heavy atom. The van der Waals surface area contributed by atoms with Gasteiger partial charge >= 0.3 is 0 Å². The zero-order chi connectivity index (χ0) is 14.7. The average Bonchev–Trinajstić information content (AvgIpc) is 3.02. The van der Waals surface area contributed by atoms with E-state index in [0.717, 1.165) is 22.5 Å². The monoisotopic (exact) mass is 303 g/mol. The van der Waals surface area contributed by atoms with Gasteiger partial charge < -0.3 is 14.5 Å². The summed E-state index contributed by atoms with van der Waals surface area (Å²) in [6.07, 6.45) is 2.96. The standard InChI is InChI=1S/C15H14ClN3O2/c1-20-14(13-3-2-6-21-13)8-17-15-11-7-10(16)4-5-12(11)18-9-19-15/h2-7,9,14H,8H2,1H3,(H,17,18,19). The highest BCUT2D eigenvalue weighted by Crippen LogP contribution is 2.24. The van der Waals surface area contributed by atoms with Gasteiger partial charge in [0, 0.05) is 24.1 Å². The number of aromatic nitrogens is 2. The molecule has 2 aromatic heterocycles. The number of nitrogens with zero attached hydrogens (tertiary/aromatic N) is 2. The summed E-state index contributed by atoms with van der Waals surface area (Å²) in [7, 11) is 1.64. The molecule has 1 unspecified atom stereocenters. The normalized spacial score (nSPS) is 12.5. The molecule has 3 aromatic rings. The minimum absolute atomic E-state index is 0.191. The molecule has 0 saturated carbocycles. The predicted octanol–water partition coefficient (Wildman–Crippen LogP) is 3.68. The Hall–Kier alpha value is -2.11. The van der Waals surface area contributed by atoms with E-state index in [-0.39, 0.29) is 6.10 Å². The number of hydrogen-bond acceptors (Lipinski definition) is 5. The lowest BCUT2D eigenvalue weighted by Crippen LogP contribution is -2.14.